The maximum Gasteiger partial charge on any atom is 0.227 e. The summed E-state index contributed by atoms with van der Waals surface area (Å²) in [6, 6.07) is -0.0938. The van der Waals surface area contributed by atoms with Crippen molar-refractivity contribution in [3.05, 3.63) is 0 Å². The Morgan fingerprint density at radius 1 is 1.15 bits per heavy atom. The van der Waals surface area contributed by atoms with Crippen LogP contribution >= 0.6 is 0 Å². The van der Waals surface area contributed by atoms with Crippen molar-refractivity contribution in [2.75, 3.05) is 32.8 Å². The molecule has 1 N–H and O–H groups in total. The summed E-state index contributed by atoms with van der Waals surface area (Å²) in [6.45, 7) is 9.11. The molecule has 2 saturated heterocycles. The molecule has 2 heterocycles. The third kappa shape index (κ3) is 3.58. The standard InChI is InChI=1S/C15H26N2O3/c1-15(2,3)13(18)12-5-4-11(10-16-12)14(19)17-6-8-20-9-7-17/h11-12,16H,4-10H2,1-3H3. The number of ether oxygens (including phenoxy) is 1. The molecule has 5 heteroatoms. The van der Waals surface area contributed by atoms with E-state index in [2.05, 4.69) is 5.32 Å². The van der Waals surface area contributed by atoms with Crippen LogP contribution in [0.2, 0.25) is 0 Å². The molecule has 0 aromatic heterocycles. The van der Waals surface area contributed by atoms with E-state index in [9.17, 15) is 9.59 Å². The second kappa shape index (κ2) is 6.22. The molecule has 0 aromatic rings. The van der Waals surface area contributed by atoms with Crippen molar-refractivity contribution in [1.29, 1.82) is 0 Å². The van der Waals surface area contributed by atoms with Crippen LogP contribution in [-0.2, 0) is 14.3 Å². The molecule has 2 unspecified atom stereocenters. The van der Waals surface area contributed by atoms with Gasteiger partial charge in [-0.05, 0) is 12.8 Å². The second-order valence-corrected chi connectivity index (χ2v) is 6.79. The molecule has 0 bridgehead atoms. The number of morpholine rings is 1. The molecular weight excluding hydrogens is 256 g/mol. The third-order valence-electron chi connectivity index (χ3n) is 4.14. The van der Waals surface area contributed by atoms with Gasteiger partial charge < -0.3 is 15.0 Å². The van der Waals surface area contributed by atoms with Crippen molar-refractivity contribution in [1.82, 2.24) is 10.2 Å². The van der Waals surface area contributed by atoms with Crippen LogP contribution in [0, 0.1) is 11.3 Å². The van der Waals surface area contributed by atoms with Crippen LogP contribution in [0.15, 0.2) is 0 Å². The van der Waals surface area contributed by atoms with E-state index < -0.39 is 0 Å². The monoisotopic (exact) mass is 282 g/mol. The van der Waals surface area contributed by atoms with Gasteiger partial charge in [-0.15, -0.1) is 0 Å². The number of carbonyl (C=O) groups excluding carboxylic acids is 2. The zero-order chi connectivity index (χ0) is 14.8. The minimum Gasteiger partial charge on any atom is -0.378 e. The Hall–Kier alpha value is -0.940. The number of hydrogen-bond donors (Lipinski definition) is 1. The van der Waals surface area contributed by atoms with E-state index >= 15 is 0 Å². The molecule has 0 aliphatic carbocycles. The Balaban J connectivity index is 1.84. The van der Waals surface area contributed by atoms with Crippen molar-refractivity contribution in [2.45, 2.75) is 39.7 Å². The third-order valence-corrected chi connectivity index (χ3v) is 4.14. The Morgan fingerprint density at radius 3 is 2.30 bits per heavy atom. The summed E-state index contributed by atoms with van der Waals surface area (Å²) in [5.41, 5.74) is -0.321. The van der Waals surface area contributed by atoms with Gasteiger partial charge in [0.1, 0.15) is 0 Å². The van der Waals surface area contributed by atoms with Crippen LogP contribution < -0.4 is 5.32 Å². The molecule has 1 amide bonds. The summed E-state index contributed by atoms with van der Waals surface area (Å²) < 4.78 is 5.27. The first-order valence-electron chi connectivity index (χ1n) is 7.54. The fourth-order valence-corrected chi connectivity index (χ4v) is 2.86. The van der Waals surface area contributed by atoms with Crippen molar-refractivity contribution >= 4 is 11.7 Å². The highest BCUT2D eigenvalue weighted by atomic mass is 16.5. The van der Waals surface area contributed by atoms with Crippen molar-refractivity contribution in [3.8, 4) is 0 Å². The predicted molar refractivity (Wildman–Crippen MR) is 76.4 cm³/mol. The van der Waals surface area contributed by atoms with Crippen LogP contribution in [0.25, 0.3) is 0 Å². The molecule has 20 heavy (non-hydrogen) atoms. The molecule has 2 rings (SSSR count). The van der Waals surface area contributed by atoms with Crippen LogP contribution in [0.4, 0.5) is 0 Å². The number of nitrogens with zero attached hydrogens (tertiary/aromatic N) is 1. The van der Waals surface area contributed by atoms with Crippen LogP contribution in [-0.4, -0.2) is 55.5 Å². The number of hydrogen-bond acceptors (Lipinski definition) is 4. The summed E-state index contributed by atoms with van der Waals surface area (Å²) in [6.07, 6.45) is 1.56. The summed E-state index contributed by atoms with van der Waals surface area (Å²) in [7, 11) is 0. The molecule has 2 aliphatic rings. The summed E-state index contributed by atoms with van der Waals surface area (Å²) in [4.78, 5) is 26.5. The van der Waals surface area contributed by atoms with E-state index in [1.165, 1.54) is 0 Å². The molecule has 114 valence electrons. The van der Waals surface area contributed by atoms with Crippen LogP contribution in [0.5, 0.6) is 0 Å². The quantitative estimate of drug-likeness (QED) is 0.815. The van der Waals surface area contributed by atoms with Gasteiger partial charge in [0.05, 0.1) is 25.2 Å². The lowest BCUT2D eigenvalue weighted by molar-refractivity contribution is -0.141. The van der Waals surface area contributed by atoms with Gasteiger partial charge in [-0.3, -0.25) is 9.59 Å². The summed E-state index contributed by atoms with van der Waals surface area (Å²) in [5, 5.41) is 3.27. The summed E-state index contributed by atoms with van der Waals surface area (Å²) in [5.74, 6) is 0.467. The number of carbonyl (C=O) groups is 2. The number of rotatable bonds is 2. The van der Waals surface area contributed by atoms with E-state index in [1.54, 1.807) is 0 Å². The van der Waals surface area contributed by atoms with Gasteiger partial charge in [-0.25, -0.2) is 0 Å². The summed E-state index contributed by atoms with van der Waals surface area (Å²) >= 11 is 0. The highest BCUT2D eigenvalue weighted by Crippen LogP contribution is 2.24. The Morgan fingerprint density at radius 2 is 1.80 bits per heavy atom. The Bertz CT molecular complexity index is 362. The number of piperidine rings is 1. The number of nitrogens with one attached hydrogen (secondary N) is 1. The topological polar surface area (TPSA) is 58.6 Å². The van der Waals surface area contributed by atoms with E-state index in [4.69, 9.17) is 4.74 Å². The molecule has 5 nitrogen and oxygen atoms in total. The van der Waals surface area contributed by atoms with E-state index in [-0.39, 0.29) is 29.1 Å². The predicted octanol–water partition coefficient (Wildman–Crippen LogP) is 0.829. The molecule has 2 atom stereocenters. The molecule has 0 spiro atoms. The van der Waals surface area contributed by atoms with Gasteiger partial charge in [0, 0.05) is 25.0 Å². The van der Waals surface area contributed by atoms with Crippen molar-refractivity contribution in [2.24, 2.45) is 11.3 Å². The zero-order valence-electron chi connectivity index (χ0n) is 12.8. The van der Waals surface area contributed by atoms with Crippen LogP contribution in [0.3, 0.4) is 0 Å². The minimum absolute atomic E-state index is 0.0112. The lowest BCUT2D eigenvalue weighted by Crippen LogP contribution is -2.52. The second-order valence-electron chi connectivity index (χ2n) is 6.79. The van der Waals surface area contributed by atoms with Crippen molar-refractivity contribution < 1.29 is 14.3 Å². The van der Waals surface area contributed by atoms with Gasteiger partial charge in [0.25, 0.3) is 0 Å². The minimum atomic E-state index is -0.321. The van der Waals surface area contributed by atoms with Gasteiger partial charge in [0.2, 0.25) is 5.91 Å². The Kier molecular flexibility index (Phi) is 4.81. The average molecular weight is 282 g/mol. The smallest absolute Gasteiger partial charge is 0.227 e. The normalized spacial score (nSPS) is 28.2. The average Bonchev–Trinajstić information content (AvgIpc) is 2.46. The lowest BCUT2D eigenvalue weighted by atomic mass is 9.81. The van der Waals surface area contributed by atoms with E-state index in [1.807, 2.05) is 25.7 Å². The molecular formula is C15H26N2O3. The van der Waals surface area contributed by atoms with Gasteiger partial charge in [0.15, 0.2) is 5.78 Å². The van der Waals surface area contributed by atoms with E-state index in [0.29, 0.717) is 32.8 Å². The van der Waals surface area contributed by atoms with E-state index in [0.717, 1.165) is 12.8 Å². The molecule has 0 saturated carbocycles. The highest BCUT2D eigenvalue weighted by Gasteiger charge is 2.35. The largest absolute Gasteiger partial charge is 0.378 e. The number of amides is 1. The molecule has 2 aliphatic heterocycles. The molecule has 0 aromatic carbocycles. The maximum atomic E-state index is 12.4. The van der Waals surface area contributed by atoms with Gasteiger partial charge in [-0.2, -0.15) is 0 Å². The Labute approximate surface area is 121 Å². The fraction of sp³-hybridized carbons (Fsp3) is 0.867. The zero-order valence-corrected chi connectivity index (χ0v) is 12.8. The highest BCUT2D eigenvalue weighted by molar-refractivity contribution is 5.89. The van der Waals surface area contributed by atoms with Crippen LogP contribution in [0.1, 0.15) is 33.6 Å². The maximum absolute atomic E-state index is 12.4. The first-order chi connectivity index (χ1) is 9.39. The number of Topliss-reactive ketones (excluding diaryl/α,β-unsaturated/α-hetero) is 1. The van der Waals surface area contributed by atoms with Gasteiger partial charge >= 0.3 is 0 Å². The number of ketones is 1. The fourth-order valence-electron chi connectivity index (χ4n) is 2.86. The first-order valence-corrected chi connectivity index (χ1v) is 7.54. The van der Waals surface area contributed by atoms with Gasteiger partial charge in [-0.1, -0.05) is 20.8 Å². The molecule has 0 radical (unpaired) electrons. The lowest BCUT2D eigenvalue weighted by Gasteiger charge is -2.35. The molecule has 2 fully saturated rings. The first kappa shape index (κ1) is 15.4. The SMILES string of the molecule is CC(C)(C)C(=O)C1CCC(C(=O)N2CCOCC2)CN1. The van der Waals surface area contributed by atoms with Crippen molar-refractivity contribution in [3.63, 3.8) is 0 Å².